The van der Waals surface area contributed by atoms with Crippen LogP contribution in [-0.2, 0) is 17.6 Å². The van der Waals surface area contributed by atoms with Crippen LogP contribution in [0.15, 0.2) is 6.07 Å². The smallest absolute Gasteiger partial charge is 0.303 e. The lowest BCUT2D eigenvalue weighted by molar-refractivity contribution is -0.137. The van der Waals surface area contributed by atoms with Crippen molar-refractivity contribution in [3.8, 4) is 0 Å². The lowest BCUT2D eigenvalue weighted by Crippen LogP contribution is -2.23. The van der Waals surface area contributed by atoms with Gasteiger partial charge in [-0.1, -0.05) is 19.3 Å². The van der Waals surface area contributed by atoms with Gasteiger partial charge in [-0.25, -0.2) is 0 Å². The molecule has 122 valence electrons. The first-order valence-corrected chi connectivity index (χ1v) is 9.10. The molecule has 0 fully saturated rings. The summed E-state index contributed by atoms with van der Waals surface area (Å²) in [5, 5.41) is 11.5. The second-order valence-corrected chi connectivity index (χ2v) is 7.07. The fourth-order valence-electron chi connectivity index (χ4n) is 2.82. The molecular formula is C17H25NO3S. The fraction of sp³-hybridized carbons (Fsp3) is 0.647. The van der Waals surface area contributed by atoms with Crippen LogP contribution in [0.4, 0.5) is 0 Å². The minimum Gasteiger partial charge on any atom is -0.481 e. The van der Waals surface area contributed by atoms with E-state index in [0.29, 0.717) is 13.0 Å². The molecule has 2 N–H and O–H groups in total. The van der Waals surface area contributed by atoms with E-state index in [1.54, 1.807) is 11.3 Å². The number of amides is 1. The molecule has 1 aliphatic rings. The summed E-state index contributed by atoms with van der Waals surface area (Å²) in [6.45, 7) is 0.626. The van der Waals surface area contributed by atoms with Gasteiger partial charge in [-0.3, -0.25) is 9.59 Å². The lowest BCUT2D eigenvalue weighted by Gasteiger charge is -2.07. The molecule has 1 amide bonds. The first kappa shape index (κ1) is 17.0. The molecule has 5 heteroatoms. The van der Waals surface area contributed by atoms with Gasteiger partial charge in [0.2, 0.25) is 0 Å². The molecular weight excluding hydrogens is 298 g/mol. The van der Waals surface area contributed by atoms with Gasteiger partial charge in [-0.2, -0.15) is 0 Å². The molecule has 1 aromatic rings. The van der Waals surface area contributed by atoms with Crippen molar-refractivity contribution in [1.82, 2.24) is 5.32 Å². The number of thiophene rings is 1. The average Bonchev–Trinajstić information content (AvgIpc) is 2.84. The van der Waals surface area contributed by atoms with Crippen LogP contribution in [0.1, 0.15) is 71.5 Å². The Morgan fingerprint density at radius 1 is 1.09 bits per heavy atom. The Hall–Kier alpha value is -1.36. The van der Waals surface area contributed by atoms with E-state index in [4.69, 9.17) is 5.11 Å². The van der Waals surface area contributed by atoms with Gasteiger partial charge in [0, 0.05) is 17.8 Å². The maximum Gasteiger partial charge on any atom is 0.303 e. The molecule has 1 aromatic heterocycles. The fourth-order valence-corrected chi connectivity index (χ4v) is 3.99. The summed E-state index contributed by atoms with van der Waals surface area (Å²) in [4.78, 5) is 24.8. The highest BCUT2D eigenvalue weighted by atomic mass is 32.1. The zero-order valence-electron chi connectivity index (χ0n) is 13.0. The van der Waals surface area contributed by atoms with Gasteiger partial charge in [0.05, 0.1) is 4.88 Å². The summed E-state index contributed by atoms with van der Waals surface area (Å²) in [5.74, 6) is -0.727. The minimum atomic E-state index is -0.750. The van der Waals surface area contributed by atoms with Gasteiger partial charge < -0.3 is 10.4 Å². The molecule has 4 nitrogen and oxygen atoms in total. The predicted molar refractivity (Wildman–Crippen MR) is 88.6 cm³/mol. The van der Waals surface area contributed by atoms with E-state index < -0.39 is 5.97 Å². The summed E-state index contributed by atoms with van der Waals surface area (Å²) < 4.78 is 0. The van der Waals surface area contributed by atoms with E-state index in [-0.39, 0.29) is 12.3 Å². The van der Waals surface area contributed by atoms with Gasteiger partial charge in [-0.05, 0) is 50.2 Å². The number of carboxylic acids is 1. The Morgan fingerprint density at radius 2 is 1.86 bits per heavy atom. The Labute approximate surface area is 135 Å². The van der Waals surface area contributed by atoms with E-state index >= 15 is 0 Å². The third-order valence-corrected chi connectivity index (χ3v) is 5.31. The van der Waals surface area contributed by atoms with Crippen LogP contribution >= 0.6 is 11.3 Å². The first-order chi connectivity index (χ1) is 10.7. The topological polar surface area (TPSA) is 66.4 Å². The van der Waals surface area contributed by atoms with Crippen molar-refractivity contribution in [2.75, 3.05) is 6.54 Å². The lowest BCUT2D eigenvalue weighted by atomic mass is 10.00. The number of aliphatic carboxylic acids is 1. The highest BCUT2D eigenvalue weighted by Crippen LogP contribution is 2.28. The van der Waals surface area contributed by atoms with Crippen molar-refractivity contribution in [2.45, 2.75) is 64.2 Å². The van der Waals surface area contributed by atoms with Crippen LogP contribution < -0.4 is 5.32 Å². The van der Waals surface area contributed by atoms with E-state index in [1.165, 1.54) is 36.1 Å². The van der Waals surface area contributed by atoms with Gasteiger partial charge in [0.15, 0.2) is 0 Å². The molecule has 0 saturated carbocycles. The van der Waals surface area contributed by atoms with E-state index in [9.17, 15) is 9.59 Å². The molecule has 0 aliphatic heterocycles. The zero-order valence-corrected chi connectivity index (χ0v) is 13.8. The van der Waals surface area contributed by atoms with Crippen molar-refractivity contribution in [2.24, 2.45) is 0 Å². The summed E-state index contributed by atoms with van der Waals surface area (Å²) in [7, 11) is 0. The number of nitrogens with one attached hydrogen (secondary N) is 1. The third kappa shape index (κ3) is 5.44. The summed E-state index contributed by atoms with van der Waals surface area (Å²) in [5.41, 5.74) is 1.37. The molecule has 1 aliphatic carbocycles. The molecule has 0 atom stereocenters. The Bertz CT molecular complexity index is 485. The highest BCUT2D eigenvalue weighted by molar-refractivity contribution is 7.14. The second kappa shape index (κ2) is 8.93. The van der Waals surface area contributed by atoms with Crippen molar-refractivity contribution in [3.63, 3.8) is 0 Å². The zero-order chi connectivity index (χ0) is 15.8. The average molecular weight is 323 g/mol. The van der Waals surface area contributed by atoms with Crippen LogP contribution in [-0.4, -0.2) is 23.5 Å². The Kier molecular flexibility index (Phi) is 6.90. The number of hydrogen-bond donors (Lipinski definition) is 2. The number of unbranched alkanes of at least 4 members (excludes halogenated alkanes) is 2. The SMILES string of the molecule is O=C(O)CCCCCNC(=O)c1cc2c(s1)CCCCCC2. The normalized spacial score (nSPS) is 14.7. The van der Waals surface area contributed by atoms with Crippen LogP contribution in [0.25, 0.3) is 0 Å². The molecule has 2 rings (SSSR count). The van der Waals surface area contributed by atoms with Gasteiger partial charge in [0.25, 0.3) is 5.91 Å². The molecule has 0 saturated heterocycles. The maximum atomic E-state index is 12.2. The van der Waals surface area contributed by atoms with Crippen LogP contribution in [0.2, 0.25) is 0 Å². The standard InChI is InChI=1S/C17H25NO3S/c19-16(20)10-6-3-7-11-18-17(21)15-12-13-8-4-1-2-5-9-14(13)22-15/h12H,1-11H2,(H,18,21)(H,19,20). The summed E-state index contributed by atoms with van der Waals surface area (Å²) in [6.07, 6.45) is 9.85. The minimum absolute atomic E-state index is 0.0231. The van der Waals surface area contributed by atoms with Crippen molar-refractivity contribution >= 4 is 23.2 Å². The number of fused-ring (bicyclic) bond motifs is 1. The predicted octanol–water partition coefficient (Wildman–Crippen LogP) is 3.78. The molecule has 22 heavy (non-hydrogen) atoms. The largest absolute Gasteiger partial charge is 0.481 e. The van der Waals surface area contributed by atoms with E-state index in [2.05, 4.69) is 11.4 Å². The van der Waals surface area contributed by atoms with Gasteiger partial charge in [0.1, 0.15) is 0 Å². The van der Waals surface area contributed by atoms with Gasteiger partial charge in [-0.15, -0.1) is 11.3 Å². The maximum absolute atomic E-state index is 12.2. The highest BCUT2D eigenvalue weighted by Gasteiger charge is 2.15. The third-order valence-electron chi connectivity index (χ3n) is 4.07. The quantitative estimate of drug-likeness (QED) is 0.750. The Balaban J connectivity index is 1.75. The van der Waals surface area contributed by atoms with Crippen LogP contribution in [0, 0.1) is 0 Å². The molecule has 0 radical (unpaired) electrons. The van der Waals surface area contributed by atoms with Crippen LogP contribution in [0.3, 0.4) is 0 Å². The summed E-state index contributed by atoms with van der Waals surface area (Å²) in [6, 6.07) is 2.07. The van der Waals surface area contributed by atoms with E-state index in [0.717, 1.165) is 30.6 Å². The molecule has 0 unspecified atom stereocenters. The van der Waals surface area contributed by atoms with Crippen molar-refractivity contribution in [1.29, 1.82) is 0 Å². The molecule has 1 heterocycles. The monoisotopic (exact) mass is 323 g/mol. The van der Waals surface area contributed by atoms with Crippen LogP contribution in [0.5, 0.6) is 0 Å². The number of rotatable bonds is 7. The second-order valence-electron chi connectivity index (χ2n) is 5.93. The number of aryl methyl sites for hydroxylation is 2. The number of carboxylic acid groups (broad SMARTS) is 1. The number of hydrogen-bond acceptors (Lipinski definition) is 3. The number of carbonyl (C=O) groups excluding carboxylic acids is 1. The molecule has 0 aromatic carbocycles. The van der Waals surface area contributed by atoms with Gasteiger partial charge >= 0.3 is 5.97 Å². The van der Waals surface area contributed by atoms with Crippen molar-refractivity contribution < 1.29 is 14.7 Å². The molecule has 0 spiro atoms. The van der Waals surface area contributed by atoms with Crippen molar-refractivity contribution in [3.05, 3.63) is 21.4 Å². The number of carbonyl (C=O) groups is 2. The Morgan fingerprint density at radius 3 is 2.64 bits per heavy atom. The summed E-state index contributed by atoms with van der Waals surface area (Å²) >= 11 is 1.65. The molecule has 0 bridgehead atoms. The first-order valence-electron chi connectivity index (χ1n) is 8.28. The van der Waals surface area contributed by atoms with E-state index in [1.807, 2.05) is 0 Å².